The second-order valence-corrected chi connectivity index (χ2v) is 5.26. The van der Waals surface area contributed by atoms with Gasteiger partial charge >= 0.3 is 16.3 Å². The van der Waals surface area contributed by atoms with Gasteiger partial charge in [-0.3, -0.25) is 0 Å². The van der Waals surface area contributed by atoms with Gasteiger partial charge in [0.25, 0.3) is 0 Å². The molecule has 7 nitrogen and oxygen atoms in total. The van der Waals surface area contributed by atoms with Gasteiger partial charge in [-0.05, 0) is 20.9 Å². The number of carbonyl (C=O) groups excluding carboxylic acids is 1. The van der Waals surface area contributed by atoms with Crippen LogP contribution in [0.1, 0.15) is 13.8 Å². The highest BCUT2D eigenvalue weighted by molar-refractivity contribution is 7.87. The summed E-state index contributed by atoms with van der Waals surface area (Å²) in [5.41, 5.74) is 0. The Bertz CT molecular complexity index is 315. The molecule has 0 aromatic carbocycles. The lowest BCUT2D eigenvalue weighted by Crippen LogP contribution is -2.44. The highest BCUT2D eigenvalue weighted by Gasteiger charge is 2.21. The van der Waals surface area contributed by atoms with E-state index in [-0.39, 0.29) is 12.6 Å². The van der Waals surface area contributed by atoms with Gasteiger partial charge in [0, 0.05) is 20.1 Å². The zero-order chi connectivity index (χ0) is 12.8. The quantitative estimate of drug-likeness (QED) is 0.667. The van der Waals surface area contributed by atoms with Crippen LogP contribution in [0, 0.1) is 0 Å². The number of rotatable bonds is 6. The second-order valence-electron chi connectivity index (χ2n) is 3.49. The summed E-state index contributed by atoms with van der Waals surface area (Å²) in [6.07, 6.45) is -1.33. The molecule has 16 heavy (non-hydrogen) atoms. The number of nitrogens with one attached hydrogen (secondary N) is 2. The first kappa shape index (κ1) is 15.1. The van der Waals surface area contributed by atoms with Gasteiger partial charge in [0.1, 0.15) is 0 Å². The van der Waals surface area contributed by atoms with Crippen molar-refractivity contribution in [3.8, 4) is 0 Å². The smallest absolute Gasteiger partial charge is 0.422 e. The van der Waals surface area contributed by atoms with Crippen LogP contribution < -0.4 is 10.0 Å². The van der Waals surface area contributed by atoms with Crippen molar-refractivity contribution in [1.82, 2.24) is 14.3 Å². The average molecular weight is 253 g/mol. The molecule has 0 rings (SSSR count). The number of amides is 1. The summed E-state index contributed by atoms with van der Waals surface area (Å²) in [4.78, 5) is 11.1. The minimum atomic E-state index is -3.81. The molecule has 0 saturated heterocycles. The molecule has 0 atom stereocenters. The minimum Gasteiger partial charge on any atom is -0.446 e. The van der Waals surface area contributed by atoms with E-state index in [0.29, 0.717) is 6.54 Å². The third-order valence-corrected chi connectivity index (χ3v) is 3.07. The fourth-order valence-electron chi connectivity index (χ4n) is 0.811. The van der Waals surface area contributed by atoms with Crippen LogP contribution in [0.2, 0.25) is 0 Å². The van der Waals surface area contributed by atoms with Crippen molar-refractivity contribution in [2.75, 3.05) is 27.2 Å². The van der Waals surface area contributed by atoms with Crippen molar-refractivity contribution in [2.45, 2.75) is 20.0 Å². The average Bonchev–Trinajstić information content (AvgIpc) is 2.11. The predicted octanol–water partition coefficient (Wildman–Crippen LogP) is -0.483. The van der Waals surface area contributed by atoms with Crippen molar-refractivity contribution < 1.29 is 17.9 Å². The third-order valence-electron chi connectivity index (χ3n) is 1.64. The van der Waals surface area contributed by atoms with Crippen molar-refractivity contribution in [3.05, 3.63) is 0 Å². The van der Waals surface area contributed by atoms with Crippen LogP contribution in [0.3, 0.4) is 0 Å². The molecular weight excluding hydrogens is 234 g/mol. The Balaban J connectivity index is 4.28. The number of ether oxygens (including phenoxy) is 1. The zero-order valence-electron chi connectivity index (χ0n) is 9.98. The Kier molecular flexibility index (Phi) is 6.31. The molecule has 0 radical (unpaired) electrons. The number of hydrogen-bond acceptors (Lipinski definition) is 5. The summed E-state index contributed by atoms with van der Waals surface area (Å²) in [6, 6.07) is 0. The molecule has 0 aliphatic heterocycles. The largest absolute Gasteiger partial charge is 0.446 e. The van der Waals surface area contributed by atoms with Crippen LogP contribution in [0.25, 0.3) is 0 Å². The molecule has 0 bridgehead atoms. The zero-order valence-corrected chi connectivity index (χ0v) is 10.8. The summed E-state index contributed by atoms with van der Waals surface area (Å²) in [6.45, 7) is 4.03. The maximum atomic E-state index is 11.5. The van der Waals surface area contributed by atoms with Gasteiger partial charge in [-0.15, -0.1) is 0 Å². The van der Waals surface area contributed by atoms with Gasteiger partial charge < -0.3 is 10.1 Å². The molecule has 0 fully saturated rings. The SMILES string of the molecule is CNCCN(C)S(=O)(=O)NC(=O)OC(C)C. The molecule has 0 unspecified atom stereocenters. The van der Waals surface area contributed by atoms with E-state index >= 15 is 0 Å². The van der Waals surface area contributed by atoms with Gasteiger partial charge in [-0.25, -0.2) is 9.52 Å². The Morgan fingerprint density at radius 2 is 2.00 bits per heavy atom. The number of likely N-dealkylation sites (N-methyl/N-ethyl adjacent to an activating group) is 2. The van der Waals surface area contributed by atoms with Crippen LogP contribution in [-0.4, -0.2) is 52.1 Å². The summed E-state index contributed by atoms with van der Waals surface area (Å²) < 4.78 is 30.5. The Hall–Kier alpha value is -0.860. The summed E-state index contributed by atoms with van der Waals surface area (Å²) >= 11 is 0. The first-order chi connectivity index (χ1) is 7.29. The van der Waals surface area contributed by atoms with E-state index in [1.807, 2.05) is 0 Å². The van der Waals surface area contributed by atoms with Crippen LogP contribution in [-0.2, 0) is 14.9 Å². The van der Waals surface area contributed by atoms with E-state index in [9.17, 15) is 13.2 Å². The van der Waals surface area contributed by atoms with Crippen LogP contribution in [0.15, 0.2) is 0 Å². The first-order valence-electron chi connectivity index (χ1n) is 4.89. The monoisotopic (exact) mass is 253 g/mol. The van der Waals surface area contributed by atoms with Gasteiger partial charge in [0.15, 0.2) is 0 Å². The minimum absolute atomic E-state index is 0.265. The van der Waals surface area contributed by atoms with Crippen molar-refractivity contribution in [2.24, 2.45) is 0 Å². The lowest BCUT2D eigenvalue weighted by Gasteiger charge is -2.17. The molecule has 0 heterocycles. The second kappa shape index (κ2) is 6.66. The van der Waals surface area contributed by atoms with Gasteiger partial charge in [-0.1, -0.05) is 0 Å². The molecule has 96 valence electrons. The molecule has 1 amide bonds. The molecule has 0 aromatic heterocycles. The molecule has 8 heteroatoms. The van der Waals surface area contributed by atoms with Gasteiger partial charge in [0.05, 0.1) is 6.10 Å². The van der Waals surface area contributed by atoms with Crippen molar-refractivity contribution in [3.63, 3.8) is 0 Å². The fourth-order valence-corrected chi connectivity index (χ4v) is 1.56. The number of nitrogens with zero attached hydrogens (tertiary/aromatic N) is 1. The maximum Gasteiger partial charge on any atom is 0.422 e. The molecule has 0 spiro atoms. The Labute approximate surface area is 96.3 Å². The fraction of sp³-hybridized carbons (Fsp3) is 0.875. The summed E-state index contributed by atoms with van der Waals surface area (Å²) in [5, 5.41) is 2.81. The Morgan fingerprint density at radius 1 is 1.44 bits per heavy atom. The van der Waals surface area contributed by atoms with E-state index < -0.39 is 16.3 Å². The normalized spacial score (nSPS) is 11.9. The molecular formula is C8H19N3O4S. The highest BCUT2D eigenvalue weighted by atomic mass is 32.2. The Morgan fingerprint density at radius 3 is 2.44 bits per heavy atom. The van der Waals surface area contributed by atoms with E-state index in [0.717, 1.165) is 4.31 Å². The van der Waals surface area contributed by atoms with Gasteiger partial charge in [0.2, 0.25) is 0 Å². The lowest BCUT2D eigenvalue weighted by molar-refractivity contribution is 0.121. The molecule has 0 saturated carbocycles. The van der Waals surface area contributed by atoms with Gasteiger partial charge in [-0.2, -0.15) is 12.7 Å². The summed E-state index contributed by atoms with van der Waals surface area (Å²) in [7, 11) is -0.722. The highest BCUT2D eigenvalue weighted by Crippen LogP contribution is 1.95. The number of hydrogen-bond donors (Lipinski definition) is 2. The molecule has 0 aliphatic carbocycles. The van der Waals surface area contributed by atoms with E-state index in [2.05, 4.69) is 10.1 Å². The predicted molar refractivity (Wildman–Crippen MR) is 60.2 cm³/mol. The standard InChI is InChI=1S/C8H19N3O4S/c1-7(2)15-8(12)10-16(13,14)11(4)6-5-9-3/h7,9H,5-6H2,1-4H3,(H,10,12). The van der Waals surface area contributed by atoms with Crippen molar-refractivity contribution in [1.29, 1.82) is 0 Å². The molecule has 0 aromatic rings. The summed E-state index contributed by atoms with van der Waals surface area (Å²) in [5.74, 6) is 0. The first-order valence-corrected chi connectivity index (χ1v) is 6.33. The maximum absolute atomic E-state index is 11.5. The molecule has 2 N–H and O–H groups in total. The van der Waals surface area contributed by atoms with Crippen LogP contribution in [0.5, 0.6) is 0 Å². The number of carbonyl (C=O) groups is 1. The van der Waals surface area contributed by atoms with Crippen LogP contribution in [0.4, 0.5) is 4.79 Å². The van der Waals surface area contributed by atoms with Crippen LogP contribution >= 0.6 is 0 Å². The third kappa shape index (κ3) is 5.89. The molecule has 0 aliphatic rings. The topological polar surface area (TPSA) is 87.7 Å². The van der Waals surface area contributed by atoms with Crippen molar-refractivity contribution >= 4 is 16.3 Å². The van der Waals surface area contributed by atoms with E-state index in [1.54, 1.807) is 25.6 Å². The lowest BCUT2D eigenvalue weighted by atomic mass is 10.5. The van der Waals surface area contributed by atoms with E-state index in [1.165, 1.54) is 7.05 Å². The van der Waals surface area contributed by atoms with E-state index in [4.69, 9.17) is 0 Å².